The number of hydrogen-bond acceptors (Lipinski definition) is 6. The van der Waals surface area contributed by atoms with Crippen LogP contribution in [-0.2, 0) is 6.42 Å². The third-order valence-corrected chi connectivity index (χ3v) is 5.41. The molecule has 2 aliphatic rings. The minimum absolute atomic E-state index is 0.358. The first-order valence-electron chi connectivity index (χ1n) is 10.3. The average molecular weight is 383 g/mol. The van der Waals surface area contributed by atoms with Gasteiger partial charge >= 0.3 is 6.01 Å². The van der Waals surface area contributed by atoms with Crippen LogP contribution >= 0.6 is 0 Å². The SMILES string of the molecule is CCCCOc1nc(N)c2[nH]cc(CC3=CNC(CN4CCCC4)C=C3)c2n1. The molecule has 4 rings (SSSR count). The molecule has 0 bridgehead atoms. The largest absolute Gasteiger partial charge is 0.463 e. The Hall–Kier alpha value is -2.54. The quantitative estimate of drug-likeness (QED) is 0.608. The summed E-state index contributed by atoms with van der Waals surface area (Å²) in [5, 5.41) is 3.53. The van der Waals surface area contributed by atoms with Gasteiger partial charge in [-0.25, -0.2) is 0 Å². The van der Waals surface area contributed by atoms with Crippen molar-refractivity contribution in [3.05, 3.63) is 35.7 Å². The lowest BCUT2D eigenvalue weighted by atomic mass is 10.0. The van der Waals surface area contributed by atoms with E-state index in [1.807, 2.05) is 6.20 Å². The summed E-state index contributed by atoms with van der Waals surface area (Å²) in [6.45, 7) is 6.26. The van der Waals surface area contributed by atoms with E-state index in [2.05, 4.69) is 50.4 Å². The first kappa shape index (κ1) is 18.8. The zero-order valence-corrected chi connectivity index (χ0v) is 16.6. The molecule has 2 aromatic rings. The molecule has 0 spiro atoms. The van der Waals surface area contributed by atoms with Gasteiger partial charge in [0, 0.05) is 30.9 Å². The van der Waals surface area contributed by atoms with Crippen LogP contribution in [0.5, 0.6) is 6.01 Å². The maximum absolute atomic E-state index is 6.10. The number of nitrogens with two attached hydrogens (primary N) is 1. The molecule has 2 aromatic heterocycles. The van der Waals surface area contributed by atoms with Gasteiger partial charge in [0.25, 0.3) is 0 Å². The van der Waals surface area contributed by atoms with E-state index in [9.17, 15) is 0 Å². The smallest absolute Gasteiger partial charge is 0.319 e. The highest BCUT2D eigenvalue weighted by atomic mass is 16.5. The Balaban J connectivity index is 1.43. The number of allylic oxidation sites excluding steroid dienone is 2. The van der Waals surface area contributed by atoms with Crippen molar-refractivity contribution in [2.45, 2.75) is 45.1 Å². The Morgan fingerprint density at radius 2 is 2.14 bits per heavy atom. The molecule has 4 N–H and O–H groups in total. The summed E-state index contributed by atoms with van der Waals surface area (Å²) in [4.78, 5) is 14.6. The van der Waals surface area contributed by atoms with Crippen molar-refractivity contribution in [1.29, 1.82) is 0 Å². The van der Waals surface area contributed by atoms with Gasteiger partial charge in [-0.1, -0.05) is 25.5 Å². The lowest BCUT2D eigenvalue weighted by molar-refractivity contribution is 0.287. The van der Waals surface area contributed by atoms with E-state index < -0.39 is 0 Å². The van der Waals surface area contributed by atoms with E-state index in [4.69, 9.17) is 10.5 Å². The molecule has 7 heteroatoms. The summed E-state index contributed by atoms with van der Waals surface area (Å²) in [7, 11) is 0. The summed E-state index contributed by atoms with van der Waals surface area (Å²) >= 11 is 0. The molecule has 0 radical (unpaired) electrons. The van der Waals surface area contributed by atoms with Crippen LogP contribution in [0.2, 0.25) is 0 Å². The third kappa shape index (κ3) is 4.30. The molecule has 0 saturated carbocycles. The zero-order valence-electron chi connectivity index (χ0n) is 16.6. The van der Waals surface area contributed by atoms with Crippen molar-refractivity contribution in [2.24, 2.45) is 0 Å². The summed E-state index contributed by atoms with van der Waals surface area (Å²) in [6, 6.07) is 0.748. The van der Waals surface area contributed by atoms with Gasteiger partial charge in [0.1, 0.15) is 11.0 Å². The molecule has 4 heterocycles. The lowest BCUT2D eigenvalue weighted by Gasteiger charge is -2.24. The predicted molar refractivity (Wildman–Crippen MR) is 112 cm³/mol. The minimum Gasteiger partial charge on any atom is -0.463 e. The summed E-state index contributed by atoms with van der Waals surface area (Å²) in [6.07, 6.45) is 14.1. The number of H-pyrrole nitrogens is 1. The third-order valence-electron chi connectivity index (χ3n) is 5.41. The number of ether oxygens (including phenoxy) is 1. The molecular formula is C21H30N6O. The van der Waals surface area contributed by atoms with E-state index >= 15 is 0 Å². The first-order valence-corrected chi connectivity index (χ1v) is 10.3. The second-order valence-corrected chi connectivity index (χ2v) is 7.67. The molecule has 0 aliphatic carbocycles. The van der Waals surface area contributed by atoms with Crippen LogP contribution in [0, 0.1) is 0 Å². The van der Waals surface area contributed by atoms with Crippen molar-refractivity contribution >= 4 is 16.9 Å². The van der Waals surface area contributed by atoms with Crippen molar-refractivity contribution < 1.29 is 4.74 Å². The van der Waals surface area contributed by atoms with E-state index in [0.29, 0.717) is 24.5 Å². The average Bonchev–Trinajstić information content (AvgIpc) is 3.34. The summed E-state index contributed by atoms with van der Waals surface area (Å²) < 4.78 is 5.67. The fourth-order valence-electron chi connectivity index (χ4n) is 3.81. The number of nitrogens with zero attached hydrogens (tertiary/aromatic N) is 3. The monoisotopic (exact) mass is 382 g/mol. The van der Waals surface area contributed by atoms with Crippen LogP contribution in [0.4, 0.5) is 5.82 Å². The standard InChI is InChI=1S/C21H30N6O/c1-2-3-10-28-21-25-18-16(13-24-19(18)20(22)26-21)11-15-6-7-17(23-12-15)14-27-8-4-5-9-27/h6-7,12-13,17,23-24H,2-5,8-11,14H2,1H3,(H2,22,25,26). The number of anilines is 1. The number of nitrogen functional groups attached to an aromatic ring is 1. The van der Waals surface area contributed by atoms with Gasteiger partial charge in [0.15, 0.2) is 5.82 Å². The Bertz CT molecular complexity index is 865. The van der Waals surface area contributed by atoms with E-state index in [1.54, 1.807) is 0 Å². The Morgan fingerprint density at radius 1 is 1.29 bits per heavy atom. The van der Waals surface area contributed by atoms with Crippen molar-refractivity contribution in [3.63, 3.8) is 0 Å². The number of nitrogens with one attached hydrogen (secondary N) is 2. The van der Waals surface area contributed by atoms with E-state index in [-0.39, 0.29) is 0 Å². The Kier molecular flexibility index (Phi) is 5.81. The van der Waals surface area contributed by atoms with Gasteiger partial charge in [-0.2, -0.15) is 9.97 Å². The van der Waals surface area contributed by atoms with E-state index in [1.165, 1.54) is 31.5 Å². The molecule has 1 unspecified atom stereocenters. The molecule has 7 nitrogen and oxygen atoms in total. The van der Waals surface area contributed by atoms with Crippen LogP contribution in [0.15, 0.2) is 30.1 Å². The maximum atomic E-state index is 6.10. The number of aromatic amines is 1. The van der Waals surface area contributed by atoms with Crippen LogP contribution in [-0.4, -0.2) is 52.1 Å². The topological polar surface area (TPSA) is 92.1 Å². The van der Waals surface area contributed by atoms with Crippen LogP contribution in [0.25, 0.3) is 11.0 Å². The number of hydrogen-bond donors (Lipinski definition) is 3. The van der Waals surface area contributed by atoms with Gasteiger partial charge in [-0.05, 0) is 37.9 Å². The fraction of sp³-hybridized carbons (Fsp3) is 0.524. The molecule has 0 amide bonds. The number of fused-ring (bicyclic) bond motifs is 1. The van der Waals surface area contributed by atoms with Gasteiger partial charge in [0.2, 0.25) is 0 Å². The van der Waals surface area contributed by atoms with E-state index in [0.717, 1.165) is 42.4 Å². The molecule has 1 saturated heterocycles. The molecule has 1 fully saturated rings. The van der Waals surface area contributed by atoms with Gasteiger partial charge in [-0.15, -0.1) is 0 Å². The maximum Gasteiger partial charge on any atom is 0.319 e. The summed E-state index contributed by atoms with van der Waals surface area (Å²) in [5.41, 5.74) is 10.0. The minimum atomic E-state index is 0.358. The molecule has 1 atom stereocenters. The highest BCUT2D eigenvalue weighted by Gasteiger charge is 2.18. The molecular weight excluding hydrogens is 352 g/mol. The lowest BCUT2D eigenvalue weighted by Crippen LogP contribution is -2.37. The molecule has 150 valence electrons. The number of likely N-dealkylation sites (tertiary alicyclic amines) is 1. The van der Waals surface area contributed by atoms with Gasteiger partial charge < -0.3 is 25.7 Å². The first-order chi connectivity index (χ1) is 13.7. The van der Waals surface area contributed by atoms with Crippen molar-refractivity contribution in [1.82, 2.24) is 25.2 Å². The highest BCUT2D eigenvalue weighted by Crippen LogP contribution is 2.25. The van der Waals surface area contributed by atoms with Crippen LogP contribution in [0.1, 0.15) is 38.2 Å². The fourth-order valence-corrected chi connectivity index (χ4v) is 3.81. The number of unbranched alkanes of at least 4 members (excludes halogenated alkanes) is 1. The van der Waals surface area contributed by atoms with Crippen molar-refractivity contribution in [2.75, 3.05) is 32.0 Å². The van der Waals surface area contributed by atoms with Crippen LogP contribution < -0.4 is 15.8 Å². The second-order valence-electron chi connectivity index (χ2n) is 7.67. The predicted octanol–water partition coefficient (Wildman–Crippen LogP) is 2.77. The highest BCUT2D eigenvalue weighted by molar-refractivity contribution is 5.87. The summed E-state index contributed by atoms with van der Waals surface area (Å²) in [5.74, 6) is 0.430. The van der Waals surface area contributed by atoms with Gasteiger partial charge in [-0.3, -0.25) is 0 Å². The number of dihydropyridines is 1. The molecule has 2 aliphatic heterocycles. The number of aromatic nitrogens is 3. The number of rotatable bonds is 8. The van der Waals surface area contributed by atoms with Crippen LogP contribution in [0.3, 0.4) is 0 Å². The Labute approximate surface area is 166 Å². The zero-order chi connectivity index (χ0) is 19.3. The van der Waals surface area contributed by atoms with Gasteiger partial charge in [0.05, 0.1) is 12.6 Å². The second kappa shape index (κ2) is 8.65. The Morgan fingerprint density at radius 3 is 2.89 bits per heavy atom. The van der Waals surface area contributed by atoms with Crippen molar-refractivity contribution in [3.8, 4) is 6.01 Å². The normalized spacial score (nSPS) is 19.8. The molecule has 0 aromatic carbocycles. The molecule has 28 heavy (non-hydrogen) atoms.